The van der Waals surface area contributed by atoms with E-state index in [0.717, 1.165) is 6.92 Å². The van der Waals surface area contributed by atoms with Gasteiger partial charge < -0.3 is 9.47 Å². The summed E-state index contributed by atoms with van der Waals surface area (Å²) in [6.07, 6.45) is 0. The fourth-order valence-electron chi connectivity index (χ4n) is 2.95. The SMILES string of the molecule is CCOCCOc1cccc(Cl)c1N(C(C)=O)S(=O)(=O)c1nc2nc(C)cc(C)n2n1. The van der Waals surface area contributed by atoms with Gasteiger partial charge in [-0.15, -0.1) is 5.10 Å². The number of halogens is 1. The molecule has 0 unspecified atom stereocenters. The first-order valence-corrected chi connectivity index (χ1v) is 11.2. The van der Waals surface area contributed by atoms with Gasteiger partial charge in [-0.05, 0) is 39.0 Å². The highest BCUT2D eigenvalue weighted by Crippen LogP contribution is 2.38. The number of hydrogen-bond donors (Lipinski definition) is 0. The van der Waals surface area contributed by atoms with E-state index < -0.39 is 21.1 Å². The lowest BCUT2D eigenvalue weighted by Crippen LogP contribution is -2.36. The van der Waals surface area contributed by atoms with Gasteiger partial charge in [0.25, 0.3) is 10.9 Å². The number of fused-ring (bicyclic) bond motifs is 1. The van der Waals surface area contributed by atoms with Crippen LogP contribution in [0.2, 0.25) is 5.02 Å². The summed E-state index contributed by atoms with van der Waals surface area (Å²) in [6, 6.07) is 6.31. The third-order valence-corrected chi connectivity index (χ3v) is 6.06. The summed E-state index contributed by atoms with van der Waals surface area (Å²) >= 11 is 6.30. The zero-order chi connectivity index (χ0) is 22.8. The summed E-state index contributed by atoms with van der Waals surface area (Å²) in [6.45, 7) is 7.38. The van der Waals surface area contributed by atoms with Gasteiger partial charge in [0.2, 0.25) is 5.91 Å². The van der Waals surface area contributed by atoms with Gasteiger partial charge in [-0.25, -0.2) is 9.50 Å². The highest BCUT2D eigenvalue weighted by molar-refractivity contribution is 7.93. The number of sulfonamides is 1. The molecule has 2 heterocycles. The Morgan fingerprint density at radius 3 is 2.65 bits per heavy atom. The summed E-state index contributed by atoms with van der Waals surface area (Å²) in [5.41, 5.74) is 1.18. The number of para-hydroxylation sites is 1. The van der Waals surface area contributed by atoms with Crippen molar-refractivity contribution < 1.29 is 22.7 Å². The van der Waals surface area contributed by atoms with Crippen molar-refractivity contribution in [3.05, 3.63) is 40.7 Å². The molecule has 0 aliphatic rings. The van der Waals surface area contributed by atoms with Crippen molar-refractivity contribution in [1.82, 2.24) is 19.6 Å². The van der Waals surface area contributed by atoms with Gasteiger partial charge in [-0.3, -0.25) is 4.79 Å². The third-order valence-electron chi connectivity index (χ3n) is 4.20. The van der Waals surface area contributed by atoms with E-state index in [-0.39, 0.29) is 35.5 Å². The standard InChI is InChI=1S/C19H22ClN5O5S/c1-5-29-9-10-30-16-8-6-7-15(20)17(16)25(14(4)26)31(27,28)19-22-18-21-12(2)11-13(3)24(18)23-19/h6-8,11H,5,9-10H2,1-4H3. The van der Waals surface area contributed by atoms with Crippen molar-refractivity contribution in [3.63, 3.8) is 0 Å². The van der Waals surface area contributed by atoms with Crippen LogP contribution in [-0.2, 0) is 19.6 Å². The molecule has 0 saturated carbocycles. The van der Waals surface area contributed by atoms with Crippen LogP contribution in [0.4, 0.5) is 5.69 Å². The number of anilines is 1. The first kappa shape index (κ1) is 22.9. The minimum atomic E-state index is -4.52. The number of nitrogens with zero attached hydrogens (tertiary/aromatic N) is 5. The molecule has 3 aromatic rings. The van der Waals surface area contributed by atoms with Crippen LogP contribution >= 0.6 is 11.6 Å². The normalized spacial score (nSPS) is 11.6. The first-order valence-electron chi connectivity index (χ1n) is 9.42. The number of hydrogen-bond acceptors (Lipinski definition) is 8. The maximum Gasteiger partial charge on any atom is 0.308 e. The van der Waals surface area contributed by atoms with Crippen molar-refractivity contribution in [2.24, 2.45) is 0 Å². The number of carbonyl (C=O) groups excluding carboxylic acids is 1. The fourth-order valence-corrected chi connectivity index (χ4v) is 4.56. The van der Waals surface area contributed by atoms with Gasteiger partial charge in [0.05, 0.1) is 11.6 Å². The van der Waals surface area contributed by atoms with E-state index in [1.165, 1.54) is 16.6 Å². The van der Waals surface area contributed by atoms with E-state index in [4.69, 9.17) is 21.1 Å². The Kier molecular flexibility index (Phi) is 6.77. The zero-order valence-electron chi connectivity index (χ0n) is 17.5. The van der Waals surface area contributed by atoms with Gasteiger partial charge in [-0.2, -0.15) is 17.7 Å². The summed E-state index contributed by atoms with van der Waals surface area (Å²) < 4.78 is 39.6. The number of aryl methyl sites for hydroxylation is 2. The lowest BCUT2D eigenvalue weighted by Gasteiger charge is -2.23. The Labute approximate surface area is 184 Å². The number of benzene rings is 1. The van der Waals surface area contributed by atoms with Crippen molar-refractivity contribution in [1.29, 1.82) is 0 Å². The van der Waals surface area contributed by atoms with Gasteiger partial charge in [0.15, 0.2) is 0 Å². The number of ether oxygens (including phenoxy) is 2. The molecule has 3 rings (SSSR count). The average molecular weight is 468 g/mol. The van der Waals surface area contributed by atoms with Crippen LogP contribution in [0.3, 0.4) is 0 Å². The Balaban J connectivity index is 2.10. The second kappa shape index (κ2) is 9.16. The Morgan fingerprint density at radius 2 is 1.97 bits per heavy atom. The molecule has 12 heteroatoms. The molecule has 0 atom stereocenters. The van der Waals surface area contributed by atoms with E-state index in [2.05, 4.69) is 15.1 Å². The zero-order valence-corrected chi connectivity index (χ0v) is 19.1. The van der Waals surface area contributed by atoms with Crippen LogP contribution in [0.15, 0.2) is 29.4 Å². The Bertz CT molecular complexity index is 1230. The van der Waals surface area contributed by atoms with Crippen molar-refractivity contribution in [2.45, 2.75) is 32.9 Å². The minimum Gasteiger partial charge on any atom is -0.489 e. The molecule has 1 aromatic carbocycles. The molecule has 31 heavy (non-hydrogen) atoms. The van der Waals surface area contributed by atoms with Gasteiger partial charge in [0.1, 0.15) is 18.0 Å². The molecule has 0 N–H and O–H groups in total. The van der Waals surface area contributed by atoms with Crippen molar-refractivity contribution in [2.75, 3.05) is 24.1 Å². The van der Waals surface area contributed by atoms with Crippen molar-refractivity contribution in [3.8, 4) is 5.75 Å². The van der Waals surface area contributed by atoms with Crippen LogP contribution in [0.25, 0.3) is 5.78 Å². The molecule has 0 aliphatic carbocycles. The van der Waals surface area contributed by atoms with Crippen LogP contribution in [0.5, 0.6) is 5.75 Å². The first-order chi connectivity index (χ1) is 14.7. The summed E-state index contributed by atoms with van der Waals surface area (Å²) in [5.74, 6) is -0.589. The van der Waals surface area contributed by atoms with E-state index >= 15 is 0 Å². The maximum atomic E-state index is 13.4. The second-order valence-corrected chi connectivity index (χ2v) is 8.65. The molecular weight excluding hydrogens is 446 g/mol. The molecular formula is C19H22ClN5O5S. The number of amides is 1. The molecule has 0 bridgehead atoms. The highest BCUT2D eigenvalue weighted by Gasteiger charge is 2.36. The van der Waals surface area contributed by atoms with E-state index in [1.54, 1.807) is 26.0 Å². The molecule has 0 spiro atoms. The molecule has 166 valence electrons. The molecule has 10 nitrogen and oxygen atoms in total. The Hall–Kier alpha value is -2.76. The van der Waals surface area contributed by atoms with E-state index in [9.17, 15) is 13.2 Å². The molecule has 0 aliphatic heterocycles. The number of rotatable bonds is 8. The quantitative estimate of drug-likeness (QED) is 0.464. The number of carbonyl (C=O) groups is 1. The summed E-state index contributed by atoms with van der Waals surface area (Å²) in [7, 11) is -4.52. The molecule has 2 aromatic heterocycles. The fraction of sp³-hybridized carbons (Fsp3) is 0.368. The molecule has 0 fully saturated rings. The predicted molar refractivity (Wildman–Crippen MR) is 114 cm³/mol. The second-order valence-electron chi connectivity index (χ2n) is 6.57. The summed E-state index contributed by atoms with van der Waals surface area (Å²) in [4.78, 5) is 20.7. The average Bonchev–Trinajstić information content (AvgIpc) is 3.12. The monoisotopic (exact) mass is 467 g/mol. The highest BCUT2D eigenvalue weighted by atomic mass is 35.5. The van der Waals surface area contributed by atoms with E-state index in [0.29, 0.717) is 22.3 Å². The van der Waals surface area contributed by atoms with Crippen molar-refractivity contribution >= 4 is 39.0 Å². The van der Waals surface area contributed by atoms with Gasteiger partial charge in [0, 0.05) is 24.9 Å². The van der Waals surface area contributed by atoms with Crippen LogP contribution in [0, 0.1) is 13.8 Å². The van der Waals surface area contributed by atoms with Crippen LogP contribution in [-0.4, -0.2) is 53.7 Å². The minimum absolute atomic E-state index is 0.0154. The Morgan fingerprint density at radius 1 is 1.23 bits per heavy atom. The summed E-state index contributed by atoms with van der Waals surface area (Å²) in [5, 5.41) is 3.49. The lowest BCUT2D eigenvalue weighted by atomic mass is 10.3. The largest absolute Gasteiger partial charge is 0.489 e. The number of aromatic nitrogens is 4. The van der Waals surface area contributed by atoms with E-state index in [1.807, 2.05) is 6.92 Å². The third kappa shape index (κ3) is 4.63. The van der Waals surface area contributed by atoms with Crippen LogP contribution in [0.1, 0.15) is 25.2 Å². The lowest BCUT2D eigenvalue weighted by molar-refractivity contribution is -0.115. The topological polar surface area (TPSA) is 116 Å². The predicted octanol–water partition coefficient (Wildman–Crippen LogP) is 2.55. The van der Waals surface area contributed by atoms with Crippen LogP contribution < -0.4 is 9.04 Å². The smallest absolute Gasteiger partial charge is 0.308 e. The molecule has 0 radical (unpaired) electrons. The van der Waals surface area contributed by atoms with Gasteiger partial charge >= 0.3 is 10.0 Å². The maximum absolute atomic E-state index is 13.4. The molecule has 0 saturated heterocycles. The molecule has 1 amide bonds. The van der Waals surface area contributed by atoms with Gasteiger partial charge in [-0.1, -0.05) is 17.7 Å².